The summed E-state index contributed by atoms with van der Waals surface area (Å²) in [7, 11) is 1.79. The Morgan fingerprint density at radius 2 is 2.20 bits per heavy atom. The van der Waals surface area contributed by atoms with Crippen LogP contribution in [0.3, 0.4) is 0 Å². The molecule has 1 fully saturated rings. The average Bonchev–Trinajstić information content (AvgIpc) is 2.25. The lowest BCUT2D eigenvalue weighted by molar-refractivity contribution is 0.0233. The highest BCUT2D eigenvalue weighted by Crippen LogP contribution is 2.25. The van der Waals surface area contributed by atoms with Gasteiger partial charge in [0.15, 0.2) is 0 Å². The zero-order chi connectivity index (χ0) is 11.3. The fraction of sp³-hybridized carbons (Fsp3) is 0.917. The van der Waals surface area contributed by atoms with Crippen LogP contribution in [-0.4, -0.2) is 36.7 Å². The van der Waals surface area contributed by atoms with Gasteiger partial charge >= 0.3 is 0 Å². The van der Waals surface area contributed by atoms with Crippen LogP contribution in [-0.2, 0) is 4.74 Å². The molecular formula is C12H22N2O. The largest absolute Gasteiger partial charge is 0.381 e. The Balaban J connectivity index is 2.55. The third kappa shape index (κ3) is 3.48. The number of nitriles is 1. The van der Waals surface area contributed by atoms with E-state index in [1.165, 1.54) is 19.3 Å². The normalized spacial score (nSPS) is 26.9. The lowest BCUT2D eigenvalue weighted by atomic mass is 9.91. The third-order valence-electron chi connectivity index (χ3n) is 3.32. The fourth-order valence-corrected chi connectivity index (χ4v) is 2.45. The smallest absolute Gasteiger partial charge is 0.0870 e. The first-order valence-electron chi connectivity index (χ1n) is 5.84. The molecule has 0 spiro atoms. The molecule has 15 heavy (non-hydrogen) atoms. The van der Waals surface area contributed by atoms with Crippen molar-refractivity contribution in [3.63, 3.8) is 0 Å². The lowest BCUT2D eigenvalue weighted by Gasteiger charge is -2.38. The van der Waals surface area contributed by atoms with Gasteiger partial charge in [0.2, 0.25) is 0 Å². The molecule has 3 nitrogen and oxygen atoms in total. The number of methoxy groups -OCH3 is 1. The molecule has 1 aliphatic rings. The van der Waals surface area contributed by atoms with Gasteiger partial charge in [0.25, 0.3) is 0 Å². The molecule has 0 aromatic heterocycles. The van der Waals surface area contributed by atoms with Gasteiger partial charge < -0.3 is 4.74 Å². The van der Waals surface area contributed by atoms with Crippen molar-refractivity contribution in [2.45, 2.75) is 57.7 Å². The molecule has 0 N–H and O–H groups in total. The van der Waals surface area contributed by atoms with E-state index in [4.69, 9.17) is 10.00 Å². The zero-order valence-corrected chi connectivity index (χ0v) is 10.1. The molecule has 0 bridgehead atoms. The van der Waals surface area contributed by atoms with Crippen molar-refractivity contribution in [3.05, 3.63) is 0 Å². The summed E-state index contributed by atoms with van der Waals surface area (Å²) in [6, 6.07) is 3.24. The summed E-state index contributed by atoms with van der Waals surface area (Å²) < 4.78 is 5.42. The minimum Gasteiger partial charge on any atom is -0.381 e. The number of rotatable bonds is 4. The SMILES string of the molecule is COC1CCCC(N(CC#N)C(C)C)C1. The Kier molecular flexibility index (Phi) is 5.07. The zero-order valence-electron chi connectivity index (χ0n) is 10.1. The summed E-state index contributed by atoms with van der Waals surface area (Å²) in [5, 5.41) is 8.82. The van der Waals surface area contributed by atoms with Gasteiger partial charge in [-0.15, -0.1) is 0 Å². The van der Waals surface area contributed by atoms with Crippen LogP contribution in [0.5, 0.6) is 0 Å². The Bertz CT molecular complexity index is 222. The first kappa shape index (κ1) is 12.5. The molecule has 0 aliphatic heterocycles. The molecule has 0 amide bonds. The van der Waals surface area contributed by atoms with Gasteiger partial charge in [-0.25, -0.2) is 0 Å². The highest BCUT2D eigenvalue weighted by Gasteiger charge is 2.27. The van der Waals surface area contributed by atoms with Crippen LogP contribution in [0.1, 0.15) is 39.5 Å². The average molecular weight is 210 g/mol. The predicted octanol–water partition coefficient (Wildman–Crippen LogP) is 2.18. The highest BCUT2D eigenvalue weighted by molar-refractivity contribution is 4.87. The molecule has 86 valence electrons. The minimum atomic E-state index is 0.392. The van der Waals surface area contributed by atoms with Crippen molar-refractivity contribution in [1.82, 2.24) is 4.90 Å². The van der Waals surface area contributed by atoms with E-state index in [0.717, 1.165) is 6.42 Å². The molecule has 0 heterocycles. The van der Waals surface area contributed by atoms with Crippen molar-refractivity contribution in [2.75, 3.05) is 13.7 Å². The van der Waals surface area contributed by atoms with Gasteiger partial charge in [0.05, 0.1) is 18.7 Å². The maximum absolute atomic E-state index is 8.82. The molecule has 0 saturated heterocycles. The Morgan fingerprint density at radius 1 is 1.47 bits per heavy atom. The van der Waals surface area contributed by atoms with Crippen molar-refractivity contribution in [3.8, 4) is 6.07 Å². The van der Waals surface area contributed by atoms with Gasteiger partial charge in [0.1, 0.15) is 0 Å². The maximum Gasteiger partial charge on any atom is 0.0870 e. The summed E-state index contributed by atoms with van der Waals surface area (Å²) in [4.78, 5) is 2.30. The van der Waals surface area contributed by atoms with Crippen molar-refractivity contribution in [1.29, 1.82) is 5.26 Å². The summed E-state index contributed by atoms with van der Waals surface area (Å²) in [6.07, 6.45) is 5.07. The second-order valence-corrected chi connectivity index (χ2v) is 4.60. The topological polar surface area (TPSA) is 36.3 Å². The number of hydrogen-bond acceptors (Lipinski definition) is 3. The van der Waals surface area contributed by atoms with E-state index < -0.39 is 0 Å². The summed E-state index contributed by atoms with van der Waals surface area (Å²) >= 11 is 0. The molecule has 2 unspecified atom stereocenters. The van der Waals surface area contributed by atoms with E-state index in [2.05, 4.69) is 24.8 Å². The van der Waals surface area contributed by atoms with Gasteiger partial charge in [0, 0.05) is 19.2 Å². The molecule has 1 saturated carbocycles. The Labute approximate surface area is 93.0 Å². The fourth-order valence-electron chi connectivity index (χ4n) is 2.45. The van der Waals surface area contributed by atoms with Gasteiger partial charge in [-0.2, -0.15) is 5.26 Å². The number of nitrogens with zero attached hydrogens (tertiary/aromatic N) is 2. The van der Waals surface area contributed by atoms with Gasteiger partial charge in [-0.05, 0) is 39.5 Å². The molecule has 2 atom stereocenters. The van der Waals surface area contributed by atoms with Crippen LogP contribution >= 0.6 is 0 Å². The van der Waals surface area contributed by atoms with Crippen LogP contribution in [0.15, 0.2) is 0 Å². The molecule has 0 aromatic carbocycles. The molecular weight excluding hydrogens is 188 g/mol. The molecule has 1 rings (SSSR count). The first-order valence-corrected chi connectivity index (χ1v) is 5.84. The highest BCUT2D eigenvalue weighted by atomic mass is 16.5. The summed E-state index contributed by atoms with van der Waals surface area (Å²) in [6.45, 7) is 4.86. The maximum atomic E-state index is 8.82. The van der Waals surface area contributed by atoms with E-state index in [-0.39, 0.29) is 0 Å². The van der Waals surface area contributed by atoms with E-state index in [1.54, 1.807) is 7.11 Å². The Morgan fingerprint density at radius 3 is 2.73 bits per heavy atom. The third-order valence-corrected chi connectivity index (χ3v) is 3.32. The summed E-state index contributed by atoms with van der Waals surface area (Å²) in [5.41, 5.74) is 0. The second kappa shape index (κ2) is 6.09. The molecule has 1 aliphatic carbocycles. The van der Waals surface area contributed by atoms with Crippen molar-refractivity contribution >= 4 is 0 Å². The summed E-state index contributed by atoms with van der Waals surface area (Å²) in [5.74, 6) is 0. The number of ether oxygens (including phenoxy) is 1. The molecule has 0 radical (unpaired) electrons. The van der Waals surface area contributed by atoms with Gasteiger partial charge in [-0.3, -0.25) is 4.90 Å². The van der Waals surface area contributed by atoms with Crippen LogP contribution in [0.25, 0.3) is 0 Å². The predicted molar refractivity (Wildman–Crippen MR) is 60.5 cm³/mol. The standard InChI is InChI=1S/C12H22N2O/c1-10(2)14(8-7-13)11-5-4-6-12(9-11)15-3/h10-12H,4-6,8-9H2,1-3H3. The van der Waals surface area contributed by atoms with Crippen molar-refractivity contribution < 1.29 is 4.74 Å². The van der Waals surface area contributed by atoms with Gasteiger partial charge in [-0.1, -0.05) is 0 Å². The quantitative estimate of drug-likeness (QED) is 0.667. The monoisotopic (exact) mass is 210 g/mol. The number of hydrogen-bond donors (Lipinski definition) is 0. The van der Waals surface area contributed by atoms with E-state index in [9.17, 15) is 0 Å². The molecule has 3 heteroatoms. The van der Waals surface area contributed by atoms with E-state index in [0.29, 0.717) is 24.7 Å². The van der Waals surface area contributed by atoms with Crippen LogP contribution in [0.2, 0.25) is 0 Å². The lowest BCUT2D eigenvalue weighted by Crippen LogP contribution is -2.44. The van der Waals surface area contributed by atoms with Crippen LogP contribution in [0, 0.1) is 11.3 Å². The van der Waals surface area contributed by atoms with E-state index >= 15 is 0 Å². The second-order valence-electron chi connectivity index (χ2n) is 4.60. The minimum absolute atomic E-state index is 0.392. The molecule has 0 aromatic rings. The van der Waals surface area contributed by atoms with E-state index in [1.807, 2.05) is 0 Å². The first-order chi connectivity index (χ1) is 7.19. The van der Waals surface area contributed by atoms with Crippen LogP contribution in [0.4, 0.5) is 0 Å². The Hall–Kier alpha value is -0.590. The van der Waals surface area contributed by atoms with Crippen LogP contribution < -0.4 is 0 Å². The van der Waals surface area contributed by atoms with Crippen molar-refractivity contribution in [2.24, 2.45) is 0 Å².